The van der Waals surface area contributed by atoms with Gasteiger partial charge in [-0.3, -0.25) is 0 Å². The van der Waals surface area contributed by atoms with Crippen molar-refractivity contribution < 1.29 is 4.74 Å². The van der Waals surface area contributed by atoms with Crippen LogP contribution in [0.4, 0.5) is 0 Å². The second-order valence-electron chi connectivity index (χ2n) is 3.10. The minimum Gasteiger partial charge on any atom is -0.383 e. The van der Waals surface area contributed by atoms with E-state index in [1.54, 1.807) is 7.11 Å². The first-order chi connectivity index (χ1) is 6.43. The van der Waals surface area contributed by atoms with Crippen LogP contribution in [-0.4, -0.2) is 26.8 Å². The molecule has 0 unspecified atom stereocenters. The third kappa shape index (κ3) is 4.86. The number of hydrogen-bond donors (Lipinski definition) is 1. The Labute approximate surface area is 80.7 Å². The summed E-state index contributed by atoms with van der Waals surface area (Å²) in [5, 5.41) is 3.32. The van der Waals surface area contributed by atoms with E-state index in [4.69, 9.17) is 4.74 Å². The van der Waals surface area contributed by atoms with Crippen LogP contribution >= 0.6 is 0 Å². The highest BCUT2D eigenvalue weighted by Gasteiger charge is 1.96. The molecule has 0 aromatic carbocycles. The Kier molecular flexibility index (Phi) is 5.54. The average molecular weight is 180 g/mol. The van der Waals surface area contributed by atoms with E-state index >= 15 is 0 Å². The minimum absolute atomic E-state index is 0.794. The van der Waals surface area contributed by atoms with Crippen molar-refractivity contribution in [2.75, 3.05) is 26.8 Å². The topological polar surface area (TPSA) is 21.3 Å². The van der Waals surface area contributed by atoms with E-state index in [1.807, 2.05) is 0 Å². The lowest BCUT2D eigenvalue weighted by atomic mass is 10.0. The zero-order chi connectivity index (χ0) is 9.36. The SMILES string of the molecule is COCCNCCC1=CC[CH]C=C1. The van der Waals surface area contributed by atoms with Crippen LogP contribution in [-0.2, 0) is 4.74 Å². The second kappa shape index (κ2) is 6.87. The monoisotopic (exact) mass is 180 g/mol. The Morgan fingerprint density at radius 3 is 3.08 bits per heavy atom. The molecule has 0 amide bonds. The summed E-state index contributed by atoms with van der Waals surface area (Å²) in [5.74, 6) is 0. The summed E-state index contributed by atoms with van der Waals surface area (Å²) in [7, 11) is 1.73. The van der Waals surface area contributed by atoms with Crippen molar-refractivity contribution in [3.05, 3.63) is 30.2 Å². The molecule has 0 aromatic rings. The van der Waals surface area contributed by atoms with Crippen molar-refractivity contribution in [3.63, 3.8) is 0 Å². The van der Waals surface area contributed by atoms with Crippen molar-refractivity contribution in [3.8, 4) is 0 Å². The van der Waals surface area contributed by atoms with Crippen LogP contribution in [0.3, 0.4) is 0 Å². The molecular formula is C11H18NO. The van der Waals surface area contributed by atoms with Crippen molar-refractivity contribution in [2.24, 2.45) is 0 Å². The molecule has 0 saturated heterocycles. The Bertz CT molecular complexity index is 185. The van der Waals surface area contributed by atoms with E-state index < -0.39 is 0 Å². The molecule has 13 heavy (non-hydrogen) atoms. The van der Waals surface area contributed by atoms with E-state index in [0.717, 1.165) is 32.5 Å². The predicted molar refractivity (Wildman–Crippen MR) is 55.5 cm³/mol. The molecule has 0 aromatic heterocycles. The molecule has 0 saturated carbocycles. The van der Waals surface area contributed by atoms with E-state index in [2.05, 4.69) is 30.0 Å². The highest BCUT2D eigenvalue weighted by atomic mass is 16.5. The molecule has 1 N–H and O–H groups in total. The van der Waals surface area contributed by atoms with Gasteiger partial charge in [0.1, 0.15) is 0 Å². The molecule has 1 radical (unpaired) electrons. The van der Waals surface area contributed by atoms with Crippen LogP contribution < -0.4 is 5.32 Å². The summed E-state index contributed by atoms with van der Waals surface area (Å²) in [6.07, 6.45) is 11.0. The van der Waals surface area contributed by atoms with Gasteiger partial charge in [-0.2, -0.15) is 0 Å². The Morgan fingerprint density at radius 2 is 2.38 bits per heavy atom. The summed E-state index contributed by atoms with van der Waals surface area (Å²) in [6, 6.07) is 0. The van der Waals surface area contributed by atoms with Crippen LogP contribution in [0.2, 0.25) is 0 Å². The molecule has 0 atom stereocenters. The quantitative estimate of drug-likeness (QED) is 0.628. The molecule has 0 heterocycles. The Balaban J connectivity index is 1.99. The summed E-state index contributed by atoms with van der Waals surface area (Å²) in [5.41, 5.74) is 1.44. The highest BCUT2D eigenvalue weighted by molar-refractivity contribution is 5.26. The standard InChI is InChI=1S/C11H18NO/c1-13-10-9-12-8-7-11-5-3-2-4-6-11/h2-3,5-6,12H,4,7-10H2,1H3. The third-order valence-corrected chi connectivity index (χ3v) is 2.04. The lowest BCUT2D eigenvalue weighted by molar-refractivity contribution is 0.199. The maximum Gasteiger partial charge on any atom is 0.0587 e. The van der Waals surface area contributed by atoms with Gasteiger partial charge in [0.2, 0.25) is 0 Å². The Hall–Kier alpha value is -0.600. The molecule has 1 aliphatic carbocycles. The van der Waals surface area contributed by atoms with Crippen molar-refractivity contribution in [2.45, 2.75) is 12.8 Å². The van der Waals surface area contributed by atoms with Gasteiger partial charge in [0, 0.05) is 13.7 Å². The second-order valence-corrected chi connectivity index (χ2v) is 3.10. The zero-order valence-corrected chi connectivity index (χ0v) is 8.25. The third-order valence-electron chi connectivity index (χ3n) is 2.04. The van der Waals surface area contributed by atoms with Crippen LogP contribution in [0, 0.1) is 6.42 Å². The summed E-state index contributed by atoms with van der Waals surface area (Å²) < 4.78 is 4.94. The van der Waals surface area contributed by atoms with Crippen LogP contribution in [0.15, 0.2) is 23.8 Å². The van der Waals surface area contributed by atoms with Gasteiger partial charge in [-0.15, -0.1) is 0 Å². The fourth-order valence-corrected chi connectivity index (χ4v) is 1.28. The van der Waals surface area contributed by atoms with Gasteiger partial charge in [-0.25, -0.2) is 0 Å². The van der Waals surface area contributed by atoms with Crippen LogP contribution in [0.25, 0.3) is 0 Å². The van der Waals surface area contributed by atoms with Crippen LogP contribution in [0.1, 0.15) is 12.8 Å². The maximum atomic E-state index is 4.94. The number of allylic oxidation sites excluding steroid dienone is 3. The summed E-state index contributed by atoms with van der Waals surface area (Å²) in [6.45, 7) is 2.78. The molecule has 0 aliphatic heterocycles. The number of nitrogens with one attached hydrogen (secondary N) is 1. The molecule has 0 bridgehead atoms. The summed E-state index contributed by atoms with van der Waals surface area (Å²) >= 11 is 0. The molecule has 1 aliphatic rings. The van der Waals surface area contributed by atoms with E-state index in [-0.39, 0.29) is 0 Å². The van der Waals surface area contributed by atoms with Gasteiger partial charge >= 0.3 is 0 Å². The normalized spacial score (nSPS) is 15.9. The molecule has 0 spiro atoms. The van der Waals surface area contributed by atoms with Crippen LogP contribution in [0.5, 0.6) is 0 Å². The molecular weight excluding hydrogens is 162 g/mol. The number of ether oxygens (including phenoxy) is 1. The van der Waals surface area contributed by atoms with Gasteiger partial charge in [-0.05, 0) is 25.8 Å². The van der Waals surface area contributed by atoms with Gasteiger partial charge < -0.3 is 10.1 Å². The van der Waals surface area contributed by atoms with E-state index in [0.29, 0.717) is 0 Å². The van der Waals surface area contributed by atoms with Gasteiger partial charge in [-0.1, -0.05) is 23.8 Å². The Morgan fingerprint density at radius 1 is 1.46 bits per heavy atom. The first kappa shape index (κ1) is 10.5. The molecule has 2 heteroatoms. The van der Waals surface area contributed by atoms with Gasteiger partial charge in [0.15, 0.2) is 0 Å². The zero-order valence-electron chi connectivity index (χ0n) is 8.25. The number of methoxy groups -OCH3 is 1. The summed E-state index contributed by atoms with van der Waals surface area (Å²) in [4.78, 5) is 0. The first-order valence-electron chi connectivity index (χ1n) is 4.82. The van der Waals surface area contributed by atoms with Gasteiger partial charge in [0.25, 0.3) is 0 Å². The van der Waals surface area contributed by atoms with Crippen molar-refractivity contribution >= 4 is 0 Å². The predicted octanol–water partition coefficient (Wildman–Crippen LogP) is 1.70. The molecule has 0 fully saturated rings. The van der Waals surface area contributed by atoms with Gasteiger partial charge in [0.05, 0.1) is 6.61 Å². The highest BCUT2D eigenvalue weighted by Crippen LogP contribution is 2.11. The average Bonchev–Trinajstić information content (AvgIpc) is 2.19. The largest absolute Gasteiger partial charge is 0.383 e. The fraction of sp³-hybridized carbons (Fsp3) is 0.545. The smallest absolute Gasteiger partial charge is 0.0587 e. The maximum absolute atomic E-state index is 4.94. The fourth-order valence-electron chi connectivity index (χ4n) is 1.28. The minimum atomic E-state index is 0.794. The van der Waals surface area contributed by atoms with E-state index in [1.165, 1.54) is 5.57 Å². The van der Waals surface area contributed by atoms with Crippen molar-refractivity contribution in [1.82, 2.24) is 5.32 Å². The molecule has 73 valence electrons. The lowest BCUT2D eigenvalue weighted by Crippen LogP contribution is -2.20. The molecule has 1 rings (SSSR count). The number of hydrogen-bond acceptors (Lipinski definition) is 2. The van der Waals surface area contributed by atoms with Crippen molar-refractivity contribution in [1.29, 1.82) is 0 Å². The van der Waals surface area contributed by atoms with E-state index in [9.17, 15) is 0 Å². The molecule has 2 nitrogen and oxygen atoms in total. The first-order valence-corrected chi connectivity index (χ1v) is 4.82. The lowest BCUT2D eigenvalue weighted by Gasteiger charge is -2.07. The number of rotatable bonds is 6.